The zero-order chi connectivity index (χ0) is 12.7. The van der Waals surface area contributed by atoms with Crippen molar-refractivity contribution < 1.29 is 4.79 Å². The highest BCUT2D eigenvalue weighted by atomic mass is 32.1. The third-order valence-corrected chi connectivity index (χ3v) is 4.47. The minimum absolute atomic E-state index is 0.0136. The molecule has 1 amide bonds. The molecule has 1 aromatic carbocycles. The summed E-state index contributed by atoms with van der Waals surface area (Å²) in [7, 11) is 0. The van der Waals surface area contributed by atoms with Crippen molar-refractivity contribution in [1.29, 1.82) is 0 Å². The van der Waals surface area contributed by atoms with Crippen LogP contribution in [0.5, 0.6) is 0 Å². The summed E-state index contributed by atoms with van der Waals surface area (Å²) in [6, 6.07) is 6.39. The summed E-state index contributed by atoms with van der Waals surface area (Å²) in [5.74, 6) is -0.0136. The van der Waals surface area contributed by atoms with Crippen LogP contribution in [0.15, 0.2) is 23.6 Å². The van der Waals surface area contributed by atoms with Crippen LogP contribution in [0.2, 0.25) is 0 Å². The second-order valence-corrected chi connectivity index (χ2v) is 5.64. The minimum Gasteiger partial charge on any atom is -0.326 e. The van der Waals surface area contributed by atoms with E-state index in [0.717, 1.165) is 18.5 Å². The fourth-order valence-corrected chi connectivity index (χ4v) is 3.73. The number of hydrogen-bond acceptors (Lipinski definition) is 2. The van der Waals surface area contributed by atoms with E-state index >= 15 is 0 Å². The second-order valence-electron chi connectivity index (χ2n) is 4.73. The van der Waals surface area contributed by atoms with E-state index in [1.165, 1.54) is 27.1 Å². The zero-order valence-corrected chi connectivity index (χ0v) is 11.4. The molecule has 1 N–H and O–H groups in total. The van der Waals surface area contributed by atoms with E-state index in [1.54, 1.807) is 18.3 Å². The standard InChI is InChI=1S/C15H15NOS/c1-9-13(16-10(2)17)6-5-11-3-4-12-7-8-18-15(12)14(9)11/h5-8H,3-4H2,1-2H3,(H,16,17). The van der Waals surface area contributed by atoms with Crippen LogP contribution < -0.4 is 5.32 Å². The number of aryl methyl sites for hydroxylation is 2. The van der Waals surface area contributed by atoms with Gasteiger partial charge in [0.05, 0.1) is 0 Å². The van der Waals surface area contributed by atoms with Gasteiger partial charge in [-0.05, 0) is 54.0 Å². The van der Waals surface area contributed by atoms with Gasteiger partial charge in [0, 0.05) is 23.1 Å². The Morgan fingerprint density at radius 1 is 1.22 bits per heavy atom. The molecule has 3 rings (SSSR count). The summed E-state index contributed by atoms with van der Waals surface area (Å²) in [5.41, 5.74) is 6.29. The molecule has 18 heavy (non-hydrogen) atoms. The van der Waals surface area contributed by atoms with Crippen molar-refractivity contribution in [3.63, 3.8) is 0 Å². The number of amides is 1. The van der Waals surface area contributed by atoms with Gasteiger partial charge in [0.15, 0.2) is 0 Å². The van der Waals surface area contributed by atoms with E-state index in [-0.39, 0.29) is 5.91 Å². The normalized spacial score (nSPS) is 12.8. The largest absolute Gasteiger partial charge is 0.326 e. The van der Waals surface area contributed by atoms with Gasteiger partial charge < -0.3 is 5.32 Å². The van der Waals surface area contributed by atoms with Gasteiger partial charge in [0.1, 0.15) is 0 Å². The lowest BCUT2D eigenvalue weighted by molar-refractivity contribution is -0.114. The fraction of sp³-hybridized carbons (Fsp3) is 0.267. The Bertz CT molecular complexity index is 627. The molecule has 0 atom stereocenters. The van der Waals surface area contributed by atoms with Gasteiger partial charge in [-0.2, -0.15) is 0 Å². The third-order valence-electron chi connectivity index (χ3n) is 3.50. The Hall–Kier alpha value is -1.61. The van der Waals surface area contributed by atoms with Crippen molar-refractivity contribution in [2.45, 2.75) is 26.7 Å². The highest BCUT2D eigenvalue weighted by Crippen LogP contribution is 2.41. The summed E-state index contributed by atoms with van der Waals surface area (Å²) in [4.78, 5) is 12.6. The summed E-state index contributed by atoms with van der Waals surface area (Å²) < 4.78 is 0. The maximum absolute atomic E-state index is 11.2. The van der Waals surface area contributed by atoms with Crippen LogP contribution in [0.25, 0.3) is 10.4 Å². The molecule has 1 aromatic heterocycles. The van der Waals surface area contributed by atoms with Crippen LogP contribution in [0.4, 0.5) is 5.69 Å². The number of fused-ring (bicyclic) bond motifs is 3. The lowest BCUT2D eigenvalue weighted by Gasteiger charge is -2.20. The predicted molar refractivity (Wildman–Crippen MR) is 76.2 cm³/mol. The number of carbonyl (C=O) groups excluding carboxylic acids is 1. The van der Waals surface area contributed by atoms with E-state index in [1.807, 2.05) is 6.07 Å². The number of hydrogen-bond donors (Lipinski definition) is 1. The van der Waals surface area contributed by atoms with E-state index in [2.05, 4.69) is 29.8 Å². The van der Waals surface area contributed by atoms with Crippen LogP contribution in [-0.2, 0) is 17.6 Å². The van der Waals surface area contributed by atoms with E-state index in [9.17, 15) is 4.79 Å². The van der Waals surface area contributed by atoms with Crippen molar-refractivity contribution in [2.75, 3.05) is 5.32 Å². The third kappa shape index (κ3) is 1.75. The Labute approximate surface area is 111 Å². The number of benzene rings is 1. The first-order valence-electron chi connectivity index (χ1n) is 6.13. The average Bonchev–Trinajstić information content (AvgIpc) is 2.80. The van der Waals surface area contributed by atoms with Gasteiger partial charge in [0.25, 0.3) is 0 Å². The first-order chi connectivity index (χ1) is 8.66. The predicted octanol–water partition coefficient (Wildman–Crippen LogP) is 3.78. The Morgan fingerprint density at radius 3 is 2.78 bits per heavy atom. The molecule has 1 heterocycles. The molecule has 1 aliphatic carbocycles. The summed E-state index contributed by atoms with van der Waals surface area (Å²) in [5, 5.41) is 5.07. The van der Waals surface area contributed by atoms with E-state index < -0.39 is 0 Å². The Balaban J connectivity index is 2.18. The molecular weight excluding hydrogens is 242 g/mol. The van der Waals surface area contributed by atoms with Crippen molar-refractivity contribution in [2.24, 2.45) is 0 Å². The van der Waals surface area contributed by atoms with Crippen molar-refractivity contribution >= 4 is 22.9 Å². The van der Waals surface area contributed by atoms with Crippen LogP contribution in [0, 0.1) is 6.92 Å². The number of rotatable bonds is 1. The van der Waals surface area contributed by atoms with Crippen LogP contribution in [0.3, 0.4) is 0 Å². The molecule has 0 bridgehead atoms. The van der Waals surface area contributed by atoms with Gasteiger partial charge in [0.2, 0.25) is 5.91 Å². The number of thiophene rings is 1. The van der Waals surface area contributed by atoms with Gasteiger partial charge >= 0.3 is 0 Å². The van der Waals surface area contributed by atoms with Crippen LogP contribution >= 0.6 is 11.3 Å². The van der Waals surface area contributed by atoms with Gasteiger partial charge in [-0.1, -0.05) is 6.07 Å². The first kappa shape index (κ1) is 11.5. The molecule has 0 aliphatic heterocycles. The van der Waals surface area contributed by atoms with Gasteiger partial charge in [-0.25, -0.2) is 0 Å². The second kappa shape index (κ2) is 4.25. The highest BCUT2D eigenvalue weighted by Gasteiger charge is 2.20. The average molecular weight is 257 g/mol. The Kier molecular flexibility index (Phi) is 2.71. The summed E-state index contributed by atoms with van der Waals surface area (Å²) in [6.07, 6.45) is 2.23. The molecular formula is C15H15NOS. The first-order valence-corrected chi connectivity index (χ1v) is 7.01. The van der Waals surface area contributed by atoms with Crippen LogP contribution in [-0.4, -0.2) is 5.91 Å². The number of carbonyl (C=O) groups is 1. The molecule has 2 aromatic rings. The maximum atomic E-state index is 11.2. The molecule has 0 saturated heterocycles. The highest BCUT2D eigenvalue weighted by molar-refractivity contribution is 7.13. The lowest BCUT2D eigenvalue weighted by atomic mass is 9.88. The zero-order valence-electron chi connectivity index (χ0n) is 10.5. The molecule has 0 spiro atoms. The van der Waals surface area contributed by atoms with E-state index in [4.69, 9.17) is 0 Å². The number of nitrogens with one attached hydrogen (secondary N) is 1. The van der Waals surface area contributed by atoms with E-state index in [0.29, 0.717) is 0 Å². The van der Waals surface area contributed by atoms with Gasteiger partial charge in [-0.15, -0.1) is 11.3 Å². The maximum Gasteiger partial charge on any atom is 0.221 e. The summed E-state index contributed by atoms with van der Waals surface area (Å²) in [6.45, 7) is 3.65. The monoisotopic (exact) mass is 257 g/mol. The Morgan fingerprint density at radius 2 is 2.00 bits per heavy atom. The number of anilines is 1. The molecule has 0 unspecified atom stereocenters. The van der Waals surface area contributed by atoms with Crippen LogP contribution in [0.1, 0.15) is 23.6 Å². The summed E-state index contributed by atoms with van der Waals surface area (Å²) >= 11 is 1.80. The van der Waals surface area contributed by atoms with Gasteiger partial charge in [-0.3, -0.25) is 4.79 Å². The minimum atomic E-state index is -0.0136. The van der Waals surface area contributed by atoms with Crippen molar-refractivity contribution in [3.8, 4) is 10.4 Å². The van der Waals surface area contributed by atoms with Crippen molar-refractivity contribution in [1.82, 2.24) is 0 Å². The molecule has 0 radical (unpaired) electrons. The quantitative estimate of drug-likeness (QED) is 0.827. The fourth-order valence-electron chi connectivity index (χ4n) is 2.64. The smallest absolute Gasteiger partial charge is 0.221 e. The molecule has 3 heteroatoms. The molecule has 0 saturated carbocycles. The molecule has 2 nitrogen and oxygen atoms in total. The topological polar surface area (TPSA) is 29.1 Å². The van der Waals surface area contributed by atoms with Crippen molar-refractivity contribution in [3.05, 3.63) is 40.3 Å². The molecule has 92 valence electrons. The molecule has 0 fully saturated rings. The SMILES string of the molecule is CC(=O)Nc1ccc2c(c1C)-c1sccc1CC2. The molecule has 1 aliphatic rings. The lowest BCUT2D eigenvalue weighted by Crippen LogP contribution is -2.10.